The van der Waals surface area contributed by atoms with E-state index in [2.05, 4.69) is 10.1 Å². The van der Waals surface area contributed by atoms with Crippen LogP contribution in [0.3, 0.4) is 0 Å². The van der Waals surface area contributed by atoms with Gasteiger partial charge in [-0.25, -0.2) is 0 Å². The van der Waals surface area contributed by atoms with Gasteiger partial charge in [0.15, 0.2) is 5.82 Å². The minimum Gasteiger partial charge on any atom is -0.472 e. The molecule has 8 heteroatoms. The normalized spacial score (nSPS) is 18.8. The van der Waals surface area contributed by atoms with Crippen molar-refractivity contribution in [3.8, 4) is 0 Å². The lowest BCUT2D eigenvalue weighted by atomic mass is 10.1. The first-order valence-electron chi connectivity index (χ1n) is 7.45. The van der Waals surface area contributed by atoms with Gasteiger partial charge in [-0.05, 0) is 19.4 Å². The van der Waals surface area contributed by atoms with E-state index in [1.165, 1.54) is 19.5 Å². The van der Waals surface area contributed by atoms with Gasteiger partial charge in [0.25, 0.3) is 5.91 Å². The molecule has 2 aromatic heterocycles. The highest BCUT2D eigenvalue weighted by Gasteiger charge is 2.32. The second-order valence-corrected chi connectivity index (χ2v) is 5.50. The molecule has 8 nitrogen and oxygen atoms in total. The molecule has 1 unspecified atom stereocenters. The second-order valence-electron chi connectivity index (χ2n) is 5.50. The molecule has 1 aliphatic rings. The molecule has 1 aliphatic heterocycles. The highest BCUT2D eigenvalue weighted by molar-refractivity contribution is 5.93. The van der Waals surface area contributed by atoms with Crippen LogP contribution in [0.5, 0.6) is 0 Å². The molecule has 0 aromatic carbocycles. The van der Waals surface area contributed by atoms with Gasteiger partial charge in [0.05, 0.1) is 11.8 Å². The lowest BCUT2D eigenvalue weighted by molar-refractivity contribution is -0.131. The third-order valence-corrected chi connectivity index (χ3v) is 3.95. The summed E-state index contributed by atoms with van der Waals surface area (Å²) in [5.41, 5.74) is 0.506. The Morgan fingerprint density at radius 2 is 2.13 bits per heavy atom. The van der Waals surface area contributed by atoms with E-state index in [4.69, 9.17) is 8.94 Å². The van der Waals surface area contributed by atoms with Crippen molar-refractivity contribution in [2.45, 2.75) is 26.3 Å². The Morgan fingerprint density at radius 3 is 2.74 bits per heavy atom. The molecule has 1 saturated heterocycles. The molecule has 0 saturated carbocycles. The molecule has 1 atom stereocenters. The Balaban J connectivity index is 1.80. The summed E-state index contributed by atoms with van der Waals surface area (Å²) in [6, 6.07) is 1.32. The molecular weight excluding hydrogens is 300 g/mol. The molecule has 0 radical (unpaired) electrons. The highest BCUT2D eigenvalue weighted by Crippen LogP contribution is 2.26. The van der Waals surface area contributed by atoms with Gasteiger partial charge in [-0.15, -0.1) is 0 Å². The number of aromatic nitrogens is 2. The highest BCUT2D eigenvalue weighted by atomic mass is 16.5. The summed E-state index contributed by atoms with van der Waals surface area (Å²) >= 11 is 0. The molecule has 2 aromatic rings. The summed E-state index contributed by atoms with van der Waals surface area (Å²) in [4.78, 5) is 32.0. The fraction of sp³-hybridized carbons (Fsp3) is 0.467. The van der Waals surface area contributed by atoms with Crippen LogP contribution in [0.25, 0.3) is 0 Å². The monoisotopic (exact) mass is 318 g/mol. The van der Waals surface area contributed by atoms with E-state index in [9.17, 15) is 9.59 Å². The van der Waals surface area contributed by atoms with E-state index in [0.717, 1.165) is 0 Å². The summed E-state index contributed by atoms with van der Waals surface area (Å²) in [6.07, 6.45) is 3.44. The molecule has 23 heavy (non-hydrogen) atoms. The minimum atomic E-state index is -0.309. The molecule has 0 N–H and O–H groups in total. The van der Waals surface area contributed by atoms with Gasteiger partial charge in [0, 0.05) is 26.6 Å². The summed E-state index contributed by atoms with van der Waals surface area (Å²) in [7, 11) is 0. The van der Waals surface area contributed by atoms with E-state index in [0.29, 0.717) is 43.3 Å². The van der Waals surface area contributed by atoms with Crippen LogP contribution in [0.4, 0.5) is 0 Å². The fourth-order valence-electron chi connectivity index (χ4n) is 2.78. The summed E-state index contributed by atoms with van der Waals surface area (Å²) in [6.45, 7) is 4.61. The zero-order valence-electron chi connectivity index (χ0n) is 13.1. The number of carbonyl (C=O) groups is 2. The Hall–Kier alpha value is -2.64. The number of aryl methyl sites for hydroxylation is 1. The Kier molecular flexibility index (Phi) is 4.14. The third kappa shape index (κ3) is 3.10. The lowest BCUT2D eigenvalue weighted by Gasteiger charge is -2.25. The van der Waals surface area contributed by atoms with Crippen LogP contribution in [0, 0.1) is 6.92 Å². The van der Waals surface area contributed by atoms with Crippen LogP contribution in [0.2, 0.25) is 0 Å². The van der Waals surface area contributed by atoms with Crippen LogP contribution in [-0.2, 0) is 4.79 Å². The molecule has 3 rings (SSSR count). The van der Waals surface area contributed by atoms with Gasteiger partial charge in [-0.2, -0.15) is 4.98 Å². The minimum absolute atomic E-state index is 0.0801. The van der Waals surface area contributed by atoms with Crippen molar-refractivity contribution in [3.63, 3.8) is 0 Å². The molecule has 0 bridgehead atoms. The van der Waals surface area contributed by atoms with E-state index in [1.54, 1.807) is 22.8 Å². The largest absolute Gasteiger partial charge is 0.472 e. The van der Waals surface area contributed by atoms with Crippen LogP contribution in [0.15, 0.2) is 27.5 Å². The summed E-state index contributed by atoms with van der Waals surface area (Å²) < 4.78 is 10.2. The maximum Gasteiger partial charge on any atom is 0.257 e. The standard InChI is InChI=1S/C15H18N4O4/c1-10-16-14(23-17-10)13-3-5-18(6-7-19(13)11(2)20)15(21)12-4-8-22-9-12/h4,8-9,13H,3,5-7H2,1-2H3. The maximum absolute atomic E-state index is 12.4. The zero-order chi connectivity index (χ0) is 16.4. The number of rotatable bonds is 2. The molecular formula is C15H18N4O4. The molecule has 2 amide bonds. The Morgan fingerprint density at radius 1 is 1.30 bits per heavy atom. The van der Waals surface area contributed by atoms with E-state index in [-0.39, 0.29) is 17.9 Å². The van der Waals surface area contributed by atoms with Crippen molar-refractivity contribution in [1.82, 2.24) is 19.9 Å². The SMILES string of the molecule is CC(=O)N1CCN(C(=O)c2ccoc2)CCC1c1nc(C)no1. The molecule has 3 heterocycles. The van der Waals surface area contributed by atoms with Gasteiger partial charge in [0.2, 0.25) is 11.8 Å². The molecule has 122 valence electrons. The number of hydrogen-bond donors (Lipinski definition) is 0. The predicted octanol–water partition coefficient (Wildman–Crippen LogP) is 1.41. The molecule has 0 aliphatic carbocycles. The fourth-order valence-corrected chi connectivity index (χ4v) is 2.78. The number of furan rings is 1. The van der Waals surface area contributed by atoms with Gasteiger partial charge in [-0.3, -0.25) is 9.59 Å². The van der Waals surface area contributed by atoms with Crippen molar-refractivity contribution in [3.05, 3.63) is 35.9 Å². The lowest BCUT2D eigenvalue weighted by Crippen LogP contribution is -2.37. The van der Waals surface area contributed by atoms with Gasteiger partial charge < -0.3 is 18.7 Å². The first-order chi connectivity index (χ1) is 11.1. The Labute approximate surface area is 133 Å². The second kappa shape index (κ2) is 6.23. The molecule has 0 spiro atoms. The average molecular weight is 318 g/mol. The van der Waals surface area contributed by atoms with E-state index in [1.807, 2.05) is 0 Å². The smallest absolute Gasteiger partial charge is 0.257 e. The number of amides is 2. The van der Waals surface area contributed by atoms with Gasteiger partial charge in [-0.1, -0.05) is 5.16 Å². The number of nitrogens with zero attached hydrogens (tertiary/aromatic N) is 4. The van der Waals surface area contributed by atoms with Crippen LogP contribution in [0.1, 0.15) is 41.5 Å². The number of carbonyl (C=O) groups excluding carboxylic acids is 2. The first-order valence-corrected chi connectivity index (χ1v) is 7.45. The predicted molar refractivity (Wildman–Crippen MR) is 78.4 cm³/mol. The summed E-state index contributed by atoms with van der Waals surface area (Å²) in [5, 5.41) is 3.79. The topological polar surface area (TPSA) is 92.7 Å². The van der Waals surface area contributed by atoms with Crippen LogP contribution in [-0.4, -0.2) is 51.4 Å². The van der Waals surface area contributed by atoms with Crippen molar-refractivity contribution < 1.29 is 18.5 Å². The number of hydrogen-bond acceptors (Lipinski definition) is 6. The third-order valence-electron chi connectivity index (χ3n) is 3.95. The quantitative estimate of drug-likeness (QED) is 0.831. The maximum atomic E-state index is 12.4. The van der Waals surface area contributed by atoms with E-state index >= 15 is 0 Å². The van der Waals surface area contributed by atoms with Gasteiger partial charge in [0.1, 0.15) is 12.3 Å². The van der Waals surface area contributed by atoms with Crippen molar-refractivity contribution in [2.24, 2.45) is 0 Å². The average Bonchev–Trinajstić information content (AvgIpc) is 3.14. The Bertz CT molecular complexity index is 694. The van der Waals surface area contributed by atoms with Crippen molar-refractivity contribution in [2.75, 3.05) is 19.6 Å². The zero-order valence-corrected chi connectivity index (χ0v) is 13.1. The first kappa shape index (κ1) is 15.3. The van der Waals surface area contributed by atoms with E-state index < -0.39 is 0 Å². The van der Waals surface area contributed by atoms with Crippen LogP contribution < -0.4 is 0 Å². The van der Waals surface area contributed by atoms with Crippen LogP contribution >= 0.6 is 0 Å². The van der Waals surface area contributed by atoms with Gasteiger partial charge >= 0.3 is 0 Å². The van der Waals surface area contributed by atoms with Crippen molar-refractivity contribution >= 4 is 11.8 Å². The van der Waals surface area contributed by atoms with Crippen molar-refractivity contribution in [1.29, 1.82) is 0 Å². The summed E-state index contributed by atoms with van der Waals surface area (Å²) in [5.74, 6) is 0.752. The molecule has 1 fully saturated rings.